The second-order valence-electron chi connectivity index (χ2n) is 3.40. The third kappa shape index (κ3) is 1.76. The van der Waals surface area contributed by atoms with E-state index in [1.54, 1.807) is 19.3 Å². The van der Waals surface area contributed by atoms with E-state index in [2.05, 4.69) is 10.2 Å². The van der Waals surface area contributed by atoms with E-state index in [1.807, 2.05) is 6.07 Å². The summed E-state index contributed by atoms with van der Waals surface area (Å²) >= 11 is 0. The second kappa shape index (κ2) is 3.82. The monoisotopic (exact) mass is 206 g/mol. The van der Waals surface area contributed by atoms with Gasteiger partial charge in [-0.2, -0.15) is 5.10 Å². The maximum Gasteiger partial charge on any atom is 0.129 e. The van der Waals surface area contributed by atoms with Crippen molar-refractivity contribution in [2.75, 3.05) is 0 Å². The van der Waals surface area contributed by atoms with Gasteiger partial charge in [0.1, 0.15) is 5.82 Å². The number of nitrogens with zero attached hydrogens (tertiary/aromatic N) is 1. The van der Waals surface area contributed by atoms with Crippen LogP contribution < -0.4 is 0 Å². The Kier molecular flexibility index (Phi) is 2.51. The molecular weight excluding hydrogens is 195 g/mol. The summed E-state index contributed by atoms with van der Waals surface area (Å²) in [5.41, 5.74) is 2.69. The number of aromatic nitrogens is 2. The summed E-state index contributed by atoms with van der Waals surface area (Å²) in [4.78, 5) is 0. The van der Waals surface area contributed by atoms with Crippen LogP contribution in [0.2, 0.25) is 0 Å². The lowest BCUT2D eigenvalue weighted by molar-refractivity contribution is 0.275. The Morgan fingerprint density at radius 3 is 2.73 bits per heavy atom. The summed E-state index contributed by atoms with van der Waals surface area (Å²) in [5, 5.41) is 15.4. The number of aryl methyl sites for hydroxylation is 1. The fourth-order valence-corrected chi connectivity index (χ4v) is 1.55. The standard InChI is InChI=1S/C11H11FN2O/c1-7-2-8(9-4-13-14-5-9)3-11(12)10(7)6-15/h2-5,15H,6H2,1H3,(H,13,14). The summed E-state index contributed by atoms with van der Waals surface area (Å²) in [5.74, 6) is -0.381. The highest BCUT2D eigenvalue weighted by Gasteiger charge is 2.08. The quantitative estimate of drug-likeness (QED) is 0.789. The lowest BCUT2D eigenvalue weighted by Gasteiger charge is -2.06. The molecular formula is C11H11FN2O. The van der Waals surface area contributed by atoms with Crippen LogP contribution in [0.15, 0.2) is 24.5 Å². The molecule has 78 valence electrons. The van der Waals surface area contributed by atoms with E-state index in [0.29, 0.717) is 5.56 Å². The Labute approximate surface area is 86.6 Å². The maximum atomic E-state index is 13.5. The summed E-state index contributed by atoms with van der Waals surface area (Å²) in [6.45, 7) is 1.50. The van der Waals surface area contributed by atoms with Gasteiger partial charge in [0, 0.05) is 17.3 Å². The number of rotatable bonds is 2. The SMILES string of the molecule is Cc1cc(-c2cn[nH]c2)cc(F)c1CO. The lowest BCUT2D eigenvalue weighted by Crippen LogP contribution is -1.95. The highest BCUT2D eigenvalue weighted by molar-refractivity contribution is 5.63. The van der Waals surface area contributed by atoms with Gasteiger partial charge in [0.05, 0.1) is 12.8 Å². The Morgan fingerprint density at radius 1 is 1.40 bits per heavy atom. The van der Waals surface area contributed by atoms with Crippen molar-refractivity contribution in [1.82, 2.24) is 10.2 Å². The van der Waals surface area contributed by atoms with Crippen molar-refractivity contribution in [3.05, 3.63) is 41.5 Å². The van der Waals surface area contributed by atoms with Crippen molar-refractivity contribution in [3.8, 4) is 11.1 Å². The van der Waals surface area contributed by atoms with Gasteiger partial charge in [-0.3, -0.25) is 5.10 Å². The first-order chi connectivity index (χ1) is 7.22. The highest BCUT2D eigenvalue weighted by atomic mass is 19.1. The van der Waals surface area contributed by atoms with E-state index in [9.17, 15) is 4.39 Å². The molecule has 2 aromatic rings. The van der Waals surface area contributed by atoms with E-state index >= 15 is 0 Å². The summed E-state index contributed by atoms with van der Waals surface area (Å²) < 4.78 is 13.5. The van der Waals surface area contributed by atoms with E-state index in [-0.39, 0.29) is 12.4 Å². The maximum absolute atomic E-state index is 13.5. The Bertz CT molecular complexity index is 442. The number of hydrogen-bond acceptors (Lipinski definition) is 2. The zero-order chi connectivity index (χ0) is 10.8. The van der Waals surface area contributed by atoms with Crippen LogP contribution in [-0.4, -0.2) is 15.3 Å². The van der Waals surface area contributed by atoms with Crippen LogP contribution in [0.1, 0.15) is 11.1 Å². The molecule has 0 saturated carbocycles. The minimum absolute atomic E-state index is 0.274. The van der Waals surface area contributed by atoms with Gasteiger partial charge in [0.25, 0.3) is 0 Å². The van der Waals surface area contributed by atoms with Gasteiger partial charge in [0.2, 0.25) is 0 Å². The van der Waals surface area contributed by atoms with Crippen molar-refractivity contribution < 1.29 is 9.50 Å². The molecule has 0 aliphatic heterocycles. The Balaban J connectivity index is 2.53. The molecule has 1 heterocycles. The summed E-state index contributed by atoms with van der Waals surface area (Å²) in [7, 11) is 0. The first-order valence-corrected chi connectivity index (χ1v) is 4.61. The van der Waals surface area contributed by atoms with Gasteiger partial charge >= 0.3 is 0 Å². The van der Waals surface area contributed by atoms with E-state index < -0.39 is 0 Å². The van der Waals surface area contributed by atoms with E-state index in [1.165, 1.54) is 6.07 Å². The minimum atomic E-state index is -0.381. The van der Waals surface area contributed by atoms with Gasteiger partial charge in [-0.05, 0) is 24.1 Å². The molecule has 15 heavy (non-hydrogen) atoms. The van der Waals surface area contributed by atoms with Gasteiger partial charge in [-0.15, -0.1) is 0 Å². The Morgan fingerprint density at radius 2 is 2.20 bits per heavy atom. The fourth-order valence-electron chi connectivity index (χ4n) is 1.55. The van der Waals surface area contributed by atoms with Gasteiger partial charge in [-0.1, -0.05) is 6.07 Å². The molecule has 2 N–H and O–H groups in total. The lowest BCUT2D eigenvalue weighted by atomic mass is 10.0. The number of H-pyrrole nitrogens is 1. The molecule has 1 aromatic carbocycles. The normalized spacial score (nSPS) is 10.6. The predicted molar refractivity (Wildman–Crippen MR) is 54.6 cm³/mol. The van der Waals surface area contributed by atoms with Crippen LogP contribution in [0, 0.1) is 12.7 Å². The zero-order valence-corrected chi connectivity index (χ0v) is 8.29. The number of nitrogens with one attached hydrogen (secondary N) is 1. The van der Waals surface area contributed by atoms with E-state index in [4.69, 9.17) is 5.11 Å². The molecule has 0 atom stereocenters. The van der Waals surface area contributed by atoms with Crippen LogP contribution in [-0.2, 0) is 6.61 Å². The summed E-state index contributed by atoms with van der Waals surface area (Å²) in [6.07, 6.45) is 3.33. The van der Waals surface area contributed by atoms with Crippen molar-refractivity contribution in [1.29, 1.82) is 0 Å². The molecule has 2 rings (SSSR count). The van der Waals surface area contributed by atoms with Crippen molar-refractivity contribution in [2.24, 2.45) is 0 Å². The number of benzene rings is 1. The molecule has 0 bridgehead atoms. The first kappa shape index (κ1) is 9.86. The smallest absolute Gasteiger partial charge is 0.129 e. The van der Waals surface area contributed by atoms with Crippen LogP contribution >= 0.6 is 0 Å². The third-order valence-corrected chi connectivity index (χ3v) is 2.41. The number of hydrogen-bond donors (Lipinski definition) is 2. The predicted octanol–water partition coefficient (Wildman–Crippen LogP) is 2.02. The average molecular weight is 206 g/mol. The largest absolute Gasteiger partial charge is 0.392 e. The molecule has 3 nitrogen and oxygen atoms in total. The van der Waals surface area contributed by atoms with Crippen molar-refractivity contribution >= 4 is 0 Å². The van der Waals surface area contributed by atoms with Crippen molar-refractivity contribution in [2.45, 2.75) is 13.5 Å². The average Bonchev–Trinajstić information content (AvgIpc) is 2.69. The highest BCUT2D eigenvalue weighted by Crippen LogP contribution is 2.23. The van der Waals surface area contributed by atoms with Gasteiger partial charge in [0.15, 0.2) is 0 Å². The number of aliphatic hydroxyl groups excluding tert-OH is 1. The van der Waals surface area contributed by atoms with Crippen LogP contribution in [0.3, 0.4) is 0 Å². The minimum Gasteiger partial charge on any atom is -0.392 e. The van der Waals surface area contributed by atoms with E-state index in [0.717, 1.165) is 16.7 Å². The number of aliphatic hydroxyl groups is 1. The zero-order valence-electron chi connectivity index (χ0n) is 8.29. The molecule has 0 aliphatic carbocycles. The topological polar surface area (TPSA) is 48.9 Å². The van der Waals surface area contributed by atoms with Crippen molar-refractivity contribution in [3.63, 3.8) is 0 Å². The molecule has 0 radical (unpaired) electrons. The molecule has 4 heteroatoms. The van der Waals surface area contributed by atoms with Crippen LogP contribution in [0.5, 0.6) is 0 Å². The first-order valence-electron chi connectivity index (χ1n) is 4.61. The molecule has 0 spiro atoms. The van der Waals surface area contributed by atoms with Gasteiger partial charge in [-0.25, -0.2) is 4.39 Å². The molecule has 0 aliphatic rings. The number of halogens is 1. The summed E-state index contributed by atoms with van der Waals surface area (Å²) in [6, 6.07) is 3.24. The molecule has 0 fully saturated rings. The molecule has 0 unspecified atom stereocenters. The molecule has 0 saturated heterocycles. The van der Waals surface area contributed by atoms with Gasteiger partial charge < -0.3 is 5.11 Å². The fraction of sp³-hybridized carbons (Fsp3) is 0.182. The van der Waals surface area contributed by atoms with Crippen LogP contribution in [0.25, 0.3) is 11.1 Å². The third-order valence-electron chi connectivity index (χ3n) is 2.41. The second-order valence-corrected chi connectivity index (χ2v) is 3.40. The van der Waals surface area contributed by atoms with Crippen LogP contribution in [0.4, 0.5) is 4.39 Å². The molecule has 1 aromatic heterocycles. The Hall–Kier alpha value is -1.68. The number of aromatic amines is 1. The molecule has 0 amide bonds.